The van der Waals surface area contributed by atoms with Gasteiger partial charge in [0.25, 0.3) is 5.91 Å². The van der Waals surface area contributed by atoms with Crippen molar-refractivity contribution in [2.45, 2.75) is 25.8 Å². The molecule has 0 fully saturated rings. The van der Waals surface area contributed by atoms with Crippen molar-refractivity contribution in [3.63, 3.8) is 0 Å². The van der Waals surface area contributed by atoms with Gasteiger partial charge in [0.05, 0.1) is 11.1 Å². The van der Waals surface area contributed by atoms with Crippen LogP contribution in [0.3, 0.4) is 0 Å². The fourth-order valence-electron chi connectivity index (χ4n) is 2.54. The zero-order valence-electron chi connectivity index (χ0n) is 13.6. The number of hydrogen-bond donors (Lipinski definition) is 2. The van der Waals surface area contributed by atoms with Gasteiger partial charge in [0.2, 0.25) is 0 Å². The van der Waals surface area contributed by atoms with Crippen LogP contribution in [-0.2, 0) is 5.54 Å². The van der Waals surface area contributed by atoms with E-state index < -0.39 is 0 Å². The van der Waals surface area contributed by atoms with Crippen LogP contribution in [0.15, 0.2) is 41.7 Å². The second-order valence-electron chi connectivity index (χ2n) is 5.88. The van der Waals surface area contributed by atoms with Gasteiger partial charge in [0.15, 0.2) is 5.17 Å². The van der Waals surface area contributed by atoms with Crippen LogP contribution in [0.5, 0.6) is 0 Å². The lowest BCUT2D eigenvalue weighted by Gasteiger charge is -2.30. The van der Waals surface area contributed by atoms with Crippen LogP contribution in [-0.4, -0.2) is 26.8 Å². The van der Waals surface area contributed by atoms with Crippen molar-refractivity contribution >= 4 is 28.5 Å². The molecule has 7 heteroatoms. The highest BCUT2D eigenvalue weighted by atomic mass is 32.2. The Balaban J connectivity index is 1.82. The second kappa shape index (κ2) is 6.60. The van der Waals surface area contributed by atoms with Crippen molar-refractivity contribution in [1.82, 2.24) is 9.97 Å². The number of nitrogens with two attached hydrogens (primary N) is 1. The molecule has 3 rings (SSSR count). The molecule has 0 radical (unpaired) electrons. The van der Waals surface area contributed by atoms with Crippen molar-refractivity contribution in [3.05, 3.63) is 53.6 Å². The number of amides is 1. The average Bonchev–Trinajstić information content (AvgIpc) is 2.55. The van der Waals surface area contributed by atoms with Crippen LogP contribution in [0.4, 0.5) is 5.69 Å². The third kappa shape index (κ3) is 3.56. The number of amidine groups is 1. The summed E-state index contributed by atoms with van der Waals surface area (Å²) in [6.07, 6.45) is 3.94. The van der Waals surface area contributed by atoms with Crippen molar-refractivity contribution in [2.24, 2.45) is 10.7 Å². The number of thioether (sulfide) groups is 1. The Morgan fingerprint density at radius 2 is 2.08 bits per heavy atom. The molecule has 0 unspecified atom stereocenters. The quantitative estimate of drug-likeness (QED) is 0.895. The molecular formula is C17H19N5OS. The van der Waals surface area contributed by atoms with Crippen LogP contribution >= 0.6 is 11.8 Å². The Morgan fingerprint density at radius 1 is 1.33 bits per heavy atom. The summed E-state index contributed by atoms with van der Waals surface area (Å²) in [5.41, 5.74) is 7.70. The summed E-state index contributed by atoms with van der Waals surface area (Å²) in [5, 5.41) is 3.49. The predicted octanol–water partition coefficient (Wildman–Crippen LogP) is 2.70. The Labute approximate surface area is 145 Å². The van der Waals surface area contributed by atoms with Crippen LogP contribution < -0.4 is 11.1 Å². The number of carbonyl (C=O) groups is 1. The molecule has 0 aliphatic carbocycles. The first kappa shape index (κ1) is 16.4. The smallest absolute Gasteiger partial charge is 0.258 e. The van der Waals surface area contributed by atoms with E-state index in [4.69, 9.17) is 5.73 Å². The molecule has 2 aromatic rings. The molecule has 0 bridgehead atoms. The van der Waals surface area contributed by atoms with Crippen molar-refractivity contribution in [3.8, 4) is 0 Å². The van der Waals surface area contributed by atoms with Crippen molar-refractivity contribution in [2.75, 3.05) is 11.1 Å². The summed E-state index contributed by atoms with van der Waals surface area (Å²) in [6, 6.07) is 7.72. The number of aromatic nitrogens is 2. The molecule has 124 valence electrons. The largest absolute Gasteiger partial charge is 0.379 e. The molecule has 2 heterocycles. The van der Waals surface area contributed by atoms with Gasteiger partial charge in [0, 0.05) is 23.8 Å². The number of nitrogens with zero attached hydrogens (tertiary/aromatic N) is 3. The molecule has 1 aliphatic rings. The maximum atomic E-state index is 12.3. The minimum absolute atomic E-state index is 0.237. The van der Waals surface area contributed by atoms with Crippen molar-refractivity contribution in [1.29, 1.82) is 0 Å². The lowest BCUT2D eigenvalue weighted by molar-refractivity contribution is 0.102. The fraction of sp³-hybridized carbons (Fsp3) is 0.294. The number of benzene rings is 1. The van der Waals surface area contributed by atoms with Crippen LogP contribution in [0, 0.1) is 6.92 Å². The van der Waals surface area contributed by atoms with Crippen molar-refractivity contribution < 1.29 is 4.79 Å². The van der Waals surface area contributed by atoms with Gasteiger partial charge in [-0.1, -0.05) is 23.9 Å². The highest BCUT2D eigenvalue weighted by molar-refractivity contribution is 8.13. The highest BCUT2D eigenvalue weighted by Crippen LogP contribution is 2.35. The normalized spacial score (nSPS) is 20.3. The second-order valence-corrected chi connectivity index (χ2v) is 6.99. The van der Waals surface area contributed by atoms with E-state index in [9.17, 15) is 4.79 Å². The van der Waals surface area contributed by atoms with E-state index in [1.807, 2.05) is 24.3 Å². The summed E-state index contributed by atoms with van der Waals surface area (Å²) in [4.78, 5) is 25.0. The van der Waals surface area contributed by atoms with E-state index in [0.717, 1.165) is 17.7 Å². The molecule has 1 atom stereocenters. The molecule has 1 aromatic heterocycles. The van der Waals surface area contributed by atoms with E-state index in [1.54, 1.807) is 18.7 Å². The fourth-order valence-corrected chi connectivity index (χ4v) is 3.51. The first-order chi connectivity index (χ1) is 11.5. The number of aliphatic imine (C=N–C) groups is 1. The maximum absolute atomic E-state index is 12.3. The minimum atomic E-state index is -0.358. The summed E-state index contributed by atoms with van der Waals surface area (Å²) in [7, 11) is 0. The molecule has 6 nitrogen and oxygen atoms in total. The molecule has 0 saturated carbocycles. The first-order valence-corrected chi connectivity index (χ1v) is 8.63. The zero-order chi connectivity index (χ0) is 17.2. The van der Waals surface area contributed by atoms with Gasteiger partial charge < -0.3 is 11.1 Å². The molecule has 1 aromatic carbocycles. The number of anilines is 1. The van der Waals surface area contributed by atoms with E-state index in [0.29, 0.717) is 22.2 Å². The SMILES string of the molecule is Cc1ncc(C(=O)Nc2cccc([C@]3(C)CCSC(N)=N3)c2)cn1. The average molecular weight is 341 g/mol. The van der Waals surface area contributed by atoms with Gasteiger partial charge in [0.1, 0.15) is 5.82 Å². The van der Waals surface area contributed by atoms with Gasteiger partial charge in [-0.2, -0.15) is 0 Å². The summed E-state index contributed by atoms with van der Waals surface area (Å²) in [5.74, 6) is 1.33. The standard InChI is InChI=1S/C17H19N5OS/c1-11-19-9-12(10-20-11)15(23)21-14-5-3-4-13(8-14)17(2)6-7-24-16(18)22-17/h3-5,8-10H,6-7H2,1-2H3,(H2,18,22)(H,21,23)/t17-/m0/s1. The Hall–Kier alpha value is -2.41. The molecule has 3 N–H and O–H groups in total. The van der Waals surface area contributed by atoms with Crippen LogP contribution in [0.2, 0.25) is 0 Å². The molecule has 0 spiro atoms. The number of hydrogen-bond acceptors (Lipinski definition) is 6. The summed E-state index contributed by atoms with van der Waals surface area (Å²) in [6.45, 7) is 3.84. The van der Waals surface area contributed by atoms with E-state index >= 15 is 0 Å². The number of aryl methyl sites for hydroxylation is 1. The van der Waals surface area contributed by atoms with Gasteiger partial charge in [-0.25, -0.2) is 9.97 Å². The maximum Gasteiger partial charge on any atom is 0.258 e. The topological polar surface area (TPSA) is 93.3 Å². The number of carbonyl (C=O) groups excluding carboxylic acids is 1. The molecule has 1 aliphatic heterocycles. The third-order valence-electron chi connectivity index (χ3n) is 3.98. The molecule has 0 saturated heterocycles. The van der Waals surface area contributed by atoms with Gasteiger partial charge in [-0.15, -0.1) is 0 Å². The van der Waals surface area contributed by atoms with E-state index in [2.05, 4.69) is 27.2 Å². The van der Waals surface area contributed by atoms with E-state index in [-0.39, 0.29) is 11.4 Å². The first-order valence-electron chi connectivity index (χ1n) is 7.65. The Kier molecular flexibility index (Phi) is 4.53. The molecule has 1 amide bonds. The van der Waals surface area contributed by atoms with Gasteiger partial charge in [-0.3, -0.25) is 9.79 Å². The van der Waals surface area contributed by atoms with Gasteiger partial charge in [-0.05, 0) is 38.0 Å². The number of rotatable bonds is 3. The van der Waals surface area contributed by atoms with Gasteiger partial charge >= 0.3 is 0 Å². The Morgan fingerprint density at radius 3 is 2.79 bits per heavy atom. The summed E-state index contributed by atoms with van der Waals surface area (Å²) >= 11 is 1.57. The zero-order valence-corrected chi connectivity index (χ0v) is 14.4. The highest BCUT2D eigenvalue weighted by Gasteiger charge is 2.29. The monoisotopic (exact) mass is 341 g/mol. The lowest BCUT2D eigenvalue weighted by atomic mass is 9.89. The number of nitrogens with one attached hydrogen (secondary N) is 1. The molecular weight excluding hydrogens is 322 g/mol. The van der Waals surface area contributed by atoms with Crippen LogP contribution in [0.25, 0.3) is 0 Å². The third-order valence-corrected chi connectivity index (χ3v) is 4.78. The lowest BCUT2D eigenvalue weighted by Crippen LogP contribution is -2.28. The van der Waals surface area contributed by atoms with Crippen LogP contribution in [0.1, 0.15) is 35.1 Å². The minimum Gasteiger partial charge on any atom is -0.379 e. The Bertz CT molecular complexity index is 790. The molecule has 24 heavy (non-hydrogen) atoms. The summed E-state index contributed by atoms with van der Waals surface area (Å²) < 4.78 is 0. The predicted molar refractivity (Wildman–Crippen MR) is 97.2 cm³/mol. The van der Waals surface area contributed by atoms with E-state index in [1.165, 1.54) is 12.4 Å².